The zero-order valence-corrected chi connectivity index (χ0v) is 15.4. The predicted octanol–water partition coefficient (Wildman–Crippen LogP) is 2.19. The molecule has 1 aliphatic heterocycles. The number of carbonyl (C=O) groups is 4. The molecule has 1 heterocycles. The van der Waals surface area contributed by atoms with Crippen LogP contribution in [-0.2, 0) is 24.0 Å². The summed E-state index contributed by atoms with van der Waals surface area (Å²) in [5.74, 6) is 2.84. The normalized spacial score (nSPS) is 22.5. The van der Waals surface area contributed by atoms with Crippen LogP contribution >= 0.6 is 0 Å². The third-order valence-corrected chi connectivity index (χ3v) is 4.51. The van der Waals surface area contributed by atoms with E-state index < -0.39 is 29.4 Å². The molecule has 0 aromatic carbocycles. The van der Waals surface area contributed by atoms with Gasteiger partial charge in [0, 0.05) is 40.1 Å². The Morgan fingerprint density at radius 3 is 2.63 bits per heavy atom. The number of amides is 3. The van der Waals surface area contributed by atoms with Crippen LogP contribution in [0.15, 0.2) is 0 Å². The monoisotopic (exact) mass is 382 g/mol. The van der Waals surface area contributed by atoms with Crippen molar-refractivity contribution >= 4 is 23.7 Å². The molecule has 0 aromatic heterocycles. The molecular formula is C19H27FN2O5. The molecule has 0 bridgehead atoms. The van der Waals surface area contributed by atoms with Gasteiger partial charge in [0.15, 0.2) is 0 Å². The highest BCUT2D eigenvalue weighted by atomic mass is 19.1. The minimum atomic E-state index is -2.11. The molecule has 1 N–H and O–H groups in total. The Balaban J connectivity index is 0.00000392. The van der Waals surface area contributed by atoms with Gasteiger partial charge in [0.2, 0.25) is 5.67 Å². The van der Waals surface area contributed by atoms with E-state index >= 15 is 0 Å². The zero-order chi connectivity index (χ0) is 19.7. The van der Waals surface area contributed by atoms with Gasteiger partial charge in [-0.05, 0) is 25.7 Å². The van der Waals surface area contributed by atoms with Gasteiger partial charge < -0.3 is 10.2 Å². The Bertz CT molecular complexity index is 644. The molecule has 1 fully saturated rings. The van der Waals surface area contributed by atoms with Crippen LogP contribution in [0.5, 0.6) is 0 Å². The minimum Gasteiger partial charge on any atom is -0.352 e. The lowest BCUT2D eigenvalue weighted by molar-refractivity contribution is -0.197. The summed E-state index contributed by atoms with van der Waals surface area (Å²) < 4.78 is 14.6. The van der Waals surface area contributed by atoms with E-state index in [-0.39, 0.29) is 27.1 Å². The Kier molecular flexibility index (Phi) is 7.77. The van der Waals surface area contributed by atoms with Gasteiger partial charge in [-0.1, -0.05) is 24.7 Å². The van der Waals surface area contributed by atoms with Crippen molar-refractivity contribution in [2.75, 3.05) is 6.54 Å². The molecular weight excluding hydrogens is 355 g/mol. The van der Waals surface area contributed by atoms with Crippen LogP contribution in [0, 0.1) is 11.8 Å². The highest BCUT2D eigenvalue weighted by molar-refractivity contribution is 6.01. The van der Waals surface area contributed by atoms with E-state index in [9.17, 15) is 23.6 Å². The largest absolute Gasteiger partial charge is 0.352 e. The minimum absolute atomic E-state index is 0. The smallest absolute Gasteiger partial charge is 0.333 e. The summed E-state index contributed by atoms with van der Waals surface area (Å²) in [7, 11) is 0. The number of hydrogen-bond acceptors (Lipinski definition) is 5. The van der Waals surface area contributed by atoms with Gasteiger partial charge >= 0.3 is 5.97 Å². The first-order valence-electron chi connectivity index (χ1n) is 9.46. The lowest BCUT2D eigenvalue weighted by Crippen LogP contribution is -2.43. The first-order chi connectivity index (χ1) is 12.9. The van der Waals surface area contributed by atoms with Gasteiger partial charge in [0.05, 0.1) is 0 Å². The topological polar surface area (TPSA) is 92.8 Å². The molecule has 8 heteroatoms. The Labute approximate surface area is 159 Å². The van der Waals surface area contributed by atoms with Crippen molar-refractivity contribution in [1.29, 1.82) is 0 Å². The van der Waals surface area contributed by atoms with Gasteiger partial charge in [-0.15, -0.1) is 5.06 Å². The van der Waals surface area contributed by atoms with E-state index in [1.807, 2.05) is 0 Å². The molecule has 0 aromatic rings. The number of alkyl halides is 1. The summed E-state index contributed by atoms with van der Waals surface area (Å²) in [4.78, 5) is 51.1. The molecule has 2 rings (SSSR count). The van der Waals surface area contributed by atoms with Crippen molar-refractivity contribution in [2.24, 2.45) is 0 Å². The molecule has 0 radical (unpaired) electrons. The maximum absolute atomic E-state index is 14.6. The van der Waals surface area contributed by atoms with Gasteiger partial charge in [-0.3, -0.25) is 14.4 Å². The second kappa shape index (κ2) is 10.0. The quantitative estimate of drug-likeness (QED) is 0.395. The standard InChI is InChI=1S/C19H25FN2O5.H2/c20-19(12-6-2-1-3-7-13-19)18(26)21-14-8-4-5-9-17(25)27-22-15(23)10-11-16(22)24;/h1-6,8-12,14H2,(H,21,26);1H. The van der Waals surface area contributed by atoms with Crippen LogP contribution in [0.2, 0.25) is 0 Å². The average molecular weight is 382 g/mol. The Morgan fingerprint density at radius 1 is 1.15 bits per heavy atom. The lowest BCUT2D eigenvalue weighted by Gasteiger charge is -2.20. The first kappa shape index (κ1) is 20.9. The molecule has 2 aliphatic rings. The van der Waals surface area contributed by atoms with Crippen molar-refractivity contribution in [3.63, 3.8) is 0 Å². The molecule has 7 nitrogen and oxygen atoms in total. The molecule has 1 saturated heterocycles. The van der Waals surface area contributed by atoms with Crippen molar-refractivity contribution in [2.45, 2.75) is 76.3 Å². The molecule has 1 unspecified atom stereocenters. The van der Waals surface area contributed by atoms with E-state index in [0.717, 1.165) is 12.8 Å². The first-order valence-corrected chi connectivity index (χ1v) is 9.46. The van der Waals surface area contributed by atoms with E-state index in [1.54, 1.807) is 0 Å². The number of unbranched alkanes of at least 4 members (excludes halogenated alkanes) is 2. The fourth-order valence-electron chi connectivity index (χ4n) is 2.91. The number of imide groups is 1. The third kappa shape index (κ3) is 6.35. The molecule has 3 amide bonds. The summed E-state index contributed by atoms with van der Waals surface area (Å²) in [5.41, 5.74) is -2.11. The van der Waals surface area contributed by atoms with E-state index in [4.69, 9.17) is 4.84 Å². The van der Waals surface area contributed by atoms with Crippen LogP contribution in [-0.4, -0.2) is 41.0 Å². The van der Waals surface area contributed by atoms with Crippen LogP contribution in [0.25, 0.3) is 0 Å². The molecule has 0 spiro atoms. The average Bonchev–Trinajstić information content (AvgIpc) is 2.93. The molecule has 150 valence electrons. The van der Waals surface area contributed by atoms with Crippen molar-refractivity contribution in [1.82, 2.24) is 10.4 Å². The number of carbonyl (C=O) groups excluding carboxylic acids is 4. The highest BCUT2D eigenvalue weighted by Gasteiger charge is 2.36. The zero-order valence-electron chi connectivity index (χ0n) is 15.4. The molecule has 1 aliphatic carbocycles. The number of halogens is 1. The Morgan fingerprint density at radius 2 is 1.89 bits per heavy atom. The summed E-state index contributed by atoms with van der Waals surface area (Å²) in [6.07, 6.45) is 5.03. The van der Waals surface area contributed by atoms with Gasteiger partial charge in [0.1, 0.15) is 0 Å². The highest BCUT2D eigenvalue weighted by Crippen LogP contribution is 2.22. The van der Waals surface area contributed by atoms with E-state index in [2.05, 4.69) is 17.2 Å². The fraction of sp³-hybridized carbons (Fsp3) is 0.684. The van der Waals surface area contributed by atoms with E-state index in [1.165, 1.54) is 0 Å². The maximum Gasteiger partial charge on any atom is 0.333 e. The molecule has 27 heavy (non-hydrogen) atoms. The van der Waals surface area contributed by atoms with Crippen LogP contribution in [0.3, 0.4) is 0 Å². The van der Waals surface area contributed by atoms with Crippen molar-refractivity contribution < 1.29 is 29.8 Å². The number of nitrogens with one attached hydrogen (secondary N) is 1. The lowest BCUT2D eigenvalue weighted by atomic mass is 9.94. The van der Waals surface area contributed by atoms with Crippen LogP contribution in [0.4, 0.5) is 4.39 Å². The number of hydroxylamine groups is 2. The van der Waals surface area contributed by atoms with Crippen LogP contribution < -0.4 is 5.32 Å². The second-order valence-corrected chi connectivity index (χ2v) is 6.78. The summed E-state index contributed by atoms with van der Waals surface area (Å²) in [5, 5.41) is 3.10. The molecule has 0 saturated carbocycles. The van der Waals surface area contributed by atoms with Gasteiger partial charge in [-0.2, -0.15) is 0 Å². The number of nitrogens with zero attached hydrogens (tertiary/aromatic N) is 1. The van der Waals surface area contributed by atoms with E-state index in [0.29, 0.717) is 43.7 Å². The van der Waals surface area contributed by atoms with Crippen molar-refractivity contribution in [3.8, 4) is 11.8 Å². The van der Waals surface area contributed by atoms with Gasteiger partial charge in [-0.25, -0.2) is 9.18 Å². The number of rotatable bonds is 8. The van der Waals surface area contributed by atoms with Gasteiger partial charge in [0.25, 0.3) is 17.7 Å². The summed E-state index contributed by atoms with van der Waals surface area (Å²) in [6.45, 7) is 0.296. The molecule has 1 atom stereocenters. The Hall–Kier alpha value is -2.43. The summed E-state index contributed by atoms with van der Waals surface area (Å²) >= 11 is 0. The summed E-state index contributed by atoms with van der Waals surface area (Å²) in [6, 6.07) is 0. The third-order valence-electron chi connectivity index (χ3n) is 4.51. The van der Waals surface area contributed by atoms with Crippen LogP contribution in [0.1, 0.15) is 72.1 Å². The number of hydrogen-bond donors (Lipinski definition) is 1. The maximum atomic E-state index is 14.6. The predicted molar refractivity (Wildman–Crippen MR) is 95.5 cm³/mol. The van der Waals surface area contributed by atoms with Crippen molar-refractivity contribution in [3.05, 3.63) is 0 Å². The SMILES string of the molecule is O=C(CCCCCNC(=O)C1(F)C#CCCCCC1)ON1C(=O)CCC1=O.[HH]. The fourth-order valence-corrected chi connectivity index (χ4v) is 2.91. The second-order valence-electron chi connectivity index (χ2n) is 6.78.